The molecule has 3 rings (SSSR count). The minimum atomic E-state index is -0.0396. The summed E-state index contributed by atoms with van der Waals surface area (Å²) in [6, 6.07) is 15.2. The molecule has 1 aliphatic heterocycles. The Hall–Kier alpha value is -3.08. The van der Waals surface area contributed by atoms with E-state index in [0.717, 1.165) is 38.4 Å². The Morgan fingerprint density at radius 1 is 1.10 bits per heavy atom. The smallest absolute Gasteiger partial charge is 0.224 e. The number of methoxy groups -OCH3 is 1. The van der Waals surface area contributed by atoms with Gasteiger partial charge in [0.25, 0.3) is 0 Å². The lowest BCUT2D eigenvalue weighted by atomic mass is 10.1. The fourth-order valence-electron chi connectivity index (χ4n) is 3.45. The number of ether oxygens (including phenoxy) is 2. The first-order valence-corrected chi connectivity index (χ1v) is 10.6. The maximum atomic E-state index is 12.2. The van der Waals surface area contributed by atoms with Crippen molar-refractivity contribution in [1.29, 1.82) is 5.26 Å². The van der Waals surface area contributed by atoms with Crippen LogP contribution in [0.4, 0.5) is 5.69 Å². The van der Waals surface area contributed by atoms with Gasteiger partial charge in [-0.2, -0.15) is 5.26 Å². The van der Waals surface area contributed by atoms with Gasteiger partial charge in [-0.05, 0) is 43.3 Å². The molecule has 164 valence electrons. The molecule has 1 saturated heterocycles. The summed E-state index contributed by atoms with van der Waals surface area (Å²) in [6.07, 6.45) is 0.943. The molecule has 0 saturated carbocycles. The molecule has 1 N–H and O–H groups in total. The maximum absolute atomic E-state index is 12.2. The van der Waals surface area contributed by atoms with Crippen LogP contribution in [0.15, 0.2) is 42.5 Å². The highest BCUT2D eigenvalue weighted by Crippen LogP contribution is 2.28. The van der Waals surface area contributed by atoms with Gasteiger partial charge in [0.15, 0.2) is 11.5 Å². The molecule has 7 nitrogen and oxygen atoms in total. The van der Waals surface area contributed by atoms with E-state index in [-0.39, 0.29) is 5.91 Å². The molecule has 1 fully saturated rings. The number of benzene rings is 2. The number of nitriles is 1. The molecule has 0 unspecified atom stereocenters. The zero-order valence-electron chi connectivity index (χ0n) is 18.3. The van der Waals surface area contributed by atoms with Gasteiger partial charge in [-0.3, -0.25) is 9.69 Å². The lowest BCUT2D eigenvalue weighted by molar-refractivity contribution is -0.116. The monoisotopic (exact) mass is 422 g/mol. The van der Waals surface area contributed by atoms with Gasteiger partial charge >= 0.3 is 0 Å². The molecule has 1 aliphatic rings. The predicted molar refractivity (Wildman–Crippen MR) is 120 cm³/mol. The summed E-state index contributed by atoms with van der Waals surface area (Å²) < 4.78 is 10.9. The Morgan fingerprint density at radius 2 is 1.84 bits per heavy atom. The number of hydrogen-bond acceptors (Lipinski definition) is 6. The number of anilines is 1. The van der Waals surface area contributed by atoms with Gasteiger partial charge in [0.05, 0.1) is 25.3 Å². The molecule has 0 bridgehead atoms. The fraction of sp³-hybridized carbons (Fsp3) is 0.417. The molecule has 1 amide bonds. The second-order valence-corrected chi connectivity index (χ2v) is 7.75. The Labute approximate surface area is 184 Å². The number of rotatable bonds is 9. The van der Waals surface area contributed by atoms with Gasteiger partial charge in [0, 0.05) is 50.9 Å². The van der Waals surface area contributed by atoms with Crippen LogP contribution < -0.4 is 14.8 Å². The molecular weight excluding hydrogens is 392 g/mol. The summed E-state index contributed by atoms with van der Waals surface area (Å²) in [5.41, 5.74) is 2.58. The number of carbonyl (C=O) groups is 1. The second kappa shape index (κ2) is 11.3. The van der Waals surface area contributed by atoms with Crippen LogP contribution in [0.25, 0.3) is 0 Å². The molecule has 0 radical (unpaired) electrons. The van der Waals surface area contributed by atoms with Gasteiger partial charge in [-0.1, -0.05) is 12.1 Å². The van der Waals surface area contributed by atoms with Crippen molar-refractivity contribution in [3.05, 3.63) is 53.6 Å². The van der Waals surface area contributed by atoms with E-state index in [1.54, 1.807) is 18.2 Å². The molecule has 0 aromatic heterocycles. The van der Waals surface area contributed by atoms with Crippen LogP contribution in [0.2, 0.25) is 0 Å². The number of hydrogen-bond donors (Lipinski definition) is 1. The third kappa shape index (κ3) is 6.99. The largest absolute Gasteiger partial charge is 0.493 e. The second-order valence-electron chi connectivity index (χ2n) is 7.75. The van der Waals surface area contributed by atoms with E-state index in [9.17, 15) is 4.79 Å². The zero-order chi connectivity index (χ0) is 22.1. The SMILES string of the molecule is COc1cc(C#N)ccc1OCCCC(=O)Nc1ccc(CN2CCN(C)CC2)cc1. The number of piperazine rings is 1. The van der Waals surface area contributed by atoms with Crippen molar-refractivity contribution < 1.29 is 14.3 Å². The Bertz CT molecular complexity index is 900. The zero-order valence-corrected chi connectivity index (χ0v) is 18.3. The maximum Gasteiger partial charge on any atom is 0.224 e. The van der Waals surface area contributed by atoms with Crippen molar-refractivity contribution >= 4 is 11.6 Å². The summed E-state index contributed by atoms with van der Waals surface area (Å²) in [7, 11) is 3.69. The van der Waals surface area contributed by atoms with E-state index < -0.39 is 0 Å². The van der Waals surface area contributed by atoms with Crippen LogP contribution in [0.3, 0.4) is 0 Å². The van der Waals surface area contributed by atoms with Gasteiger partial charge in [0.2, 0.25) is 5.91 Å². The molecule has 2 aromatic rings. The summed E-state index contributed by atoms with van der Waals surface area (Å²) >= 11 is 0. The highest BCUT2D eigenvalue weighted by molar-refractivity contribution is 5.90. The molecule has 0 atom stereocenters. The van der Waals surface area contributed by atoms with Crippen molar-refractivity contribution in [3.8, 4) is 17.6 Å². The lowest BCUT2D eigenvalue weighted by Crippen LogP contribution is -2.43. The molecule has 31 heavy (non-hydrogen) atoms. The Kier molecular flexibility index (Phi) is 8.27. The summed E-state index contributed by atoms with van der Waals surface area (Å²) in [5, 5.41) is 11.9. The van der Waals surface area contributed by atoms with Crippen LogP contribution in [0.5, 0.6) is 11.5 Å². The van der Waals surface area contributed by atoms with Crippen LogP contribution in [0.1, 0.15) is 24.0 Å². The van der Waals surface area contributed by atoms with Crippen molar-refractivity contribution in [2.75, 3.05) is 52.3 Å². The Balaban J connectivity index is 1.38. The van der Waals surface area contributed by atoms with Crippen LogP contribution >= 0.6 is 0 Å². The highest BCUT2D eigenvalue weighted by Gasteiger charge is 2.14. The average molecular weight is 423 g/mol. The minimum Gasteiger partial charge on any atom is -0.493 e. The number of carbonyl (C=O) groups excluding carboxylic acids is 1. The molecule has 0 spiro atoms. The third-order valence-electron chi connectivity index (χ3n) is 5.34. The normalized spacial score (nSPS) is 14.6. The van der Waals surface area contributed by atoms with Crippen LogP contribution in [-0.2, 0) is 11.3 Å². The van der Waals surface area contributed by atoms with Gasteiger partial charge < -0.3 is 19.7 Å². The number of nitrogens with one attached hydrogen (secondary N) is 1. The van der Waals surface area contributed by atoms with E-state index in [4.69, 9.17) is 14.7 Å². The molecule has 2 aromatic carbocycles. The molecular formula is C24H30N4O3. The first-order chi connectivity index (χ1) is 15.1. The molecule has 1 heterocycles. The third-order valence-corrected chi connectivity index (χ3v) is 5.34. The van der Waals surface area contributed by atoms with Gasteiger partial charge in [-0.25, -0.2) is 0 Å². The average Bonchev–Trinajstić information content (AvgIpc) is 2.79. The first kappa shape index (κ1) is 22.6. The van der Waals surface area contributed by atoms with E-state index in [0.29, 0.717) is 36.5 Å². The number of nitrogens with zero attached hydrogens (tertiary/aromatic N) is 3. The fourth-order valence-corrected chi connectivity index (χ4v) is 3.45. The van der Waals surface area contributed by atoms with Crippen molar-refractivity contribution in [3.63, 3.8) is 0 Å². The highest BCUT2D eigenvalue weighted by atomic mass is 16.5. The standard InChI is InChI=1S/C24H30N4O3/c1-27-11-13-28(14-12-27)18-19-5-8-21(9-6-19)26-24(29)4-3-15-31-22-10-7-20(17-25)16-23(22)30-2/h5-10,16H,3-4,11-15,18H2,1-2H3,(H,26,29). The van der Waals surface area contributed by atoms with Crippen LogP contribution in [0, 0.1) is 11.3 Å². The quantitative estimate of drug-likeness (QED) is 0.626. The molecule has 7 heteroatoms. The Morgan fingerprint density at radius 3 is 2.52 bits per heavy atom. The number of amides is 1. The summed E-state index contributed by atoms with van der Waals surface area (Å²) in [6.45, 7) is 5.72. The topological polar surface area (TPSA) is 77.8 Å². The van der Waals surface area contributed by atoms with Gasteiger partial charge in [-0.15, -0.1) is 0 Å². The van der Waals surface area contributed by atoms with Gasteiger partial charge in [0.1, 0.15) is 0 Å². The van der Waals surface area contributed by atoms with Crippen molar-refractivity contribution in [1.82, 2.24) is 9.80 Å². The molecule has 0 aliphatic carbocycles. The van der Waals surface area contributed by atoms with E-state index in [1.807, 2.05) is 12.1 Å². The number of likely N-dealkylation sites (N-methyl/N-ethyl adjacent to an activating group) is 1. The van der Waals surface area contributed by atoms with Crippen LogP contribution in [-0.4, -0.2) is 62.7 Å². The van der Waals surface area contributed by atoms with E-state index >= 15 is 0 Å². The summed E-state index contributed by atoms with van der Waals surface area (Å²) in [5.74, 6) is 1.04. The first-order valence-electron chi connectivity index (χ1n) is 10.6. The van der Waals surface area contributed by atoms with Crippen molar-refractivity contribution in [2.45, 2.75) is 19.4 Å². The minimum absolute atomic E-state index is 0.0396. The van der Waals surface area contributed by atoms with E-state index in [2.05, 4.69) is 40.4 Å². The predicted octanol–water partition coefficient (Wildman–Crippen LogP) is 3.11. The van der Waals surface area contributed by atoms with E-state index in [1.165, 1.54) is 12.7 Å². The lowest BCUT2D eigenvalue weighted by Gasteiger charge is -2.32. The van der Waals surface area contributed by atoms with Crippen molar-refractivity contribution in [2.24, 2.45) is 0 Å². The summed E-state index contributed by atoms with van der Waals surface area (Å²) in [4.78, 5) is 17.0.